The summed E-state index contributed by atoms with van der Waals surface area (Å²) >= 11 is 0. The van der Waals surface area contributed by atoms with E-state index in [0.717, 1.165) is 5.56 Å². The van der Waals surface area contributed by atoms with Crippen LogP contribution >= 0.6 is 0 Å². The van der Waals surface area contributed by atoms with E-state index in [0.29, 0.717) is 17.4 Å². The molecule has 1 N–H and O–H groups in total. The Kier molecular flexibility index (Phi) is 6.31. The van der Waals surface area contributed by atoms with E-state index in [4.69, 9.17) is 9.15 Å². The van der Waals surface area contributed by atoms with Gasteiger partial charge in [0.05, 0.1) is 24.0 Å². The van der Waals surface area contributed by atoms with Crippen molar-refractivity contribution < 1.29 is 23.4 Å². The van der Waals surface area contributed by atoms with Crippen molar-refractivity contribution in [2.24, 2.45) is 0 Å². The molecule has 4 rings (SSSR count). The van der Waals surface area contributed by atoms with E-state index in [-0.39, 0.29) is 35.7 Å². The molecular formula is C26H21FO5. The fourth-order valence-electron chi connectivity index (χ4n) is 3.69. The van der Waals surface area contributed by atoms with Crippen LogP contribution in [0.15, 0.2) is 88.1 Å². The number of para-hydroxylation sites is 1. The highest BCUT2D eigenvalue weighted by Gasteiger charge is 2.27. The predicted octanol–water partition coefficient (Wildman–Crippen LogP) is 4.95. The Balaban J connectivity index is 1.58. The van der Waals surface area contributed by atoms with Gasteiger partial charge in [-0.15, -0.1) is 0 Å². The molecule has 4 aromatic rings. The summed E-state index contributed by atoms with van der Waals surface area (Å²) in [7, 11) is 0. The van der Waals surface area contributed by atoms with Crippen molar-refractivity contribution in [2.45, 2.75) is 18.8 Å². The average Bonchev–Trinajstić information content (AvgIpc) is 2.80. The smallest absolute Gasteiger partial charge is 0.343 e. The first-order valence-corrected chi connectivity index (χ1v) is 10.2. The number of fused-ring (bicyclic) bond motifs is 1. The molecule has 1 atom stereocenters. The van der Waals surface area contributed by atoms with Crippen LogP contribution < -0.4 is 5.63 Å². The third-order valence-electron chi connectivity index (χ3n) is 5.31. The van der Waals surface area contributed by atoms with Crippen LogP contribution in [0.3, 0.4) is 0 Å². The summed E-state index contributed by atoms with van der Waals surface area (Å²) in [5.41, 5.74) is 1.11. The fourth-order valence-corrected chi connectivity index (χ4v) is 3.69. The van der Waals surface area contributed by atoms with Crippen molar-refractivity contribution >= 4 is 16.9 Å². The first-order valence-electron chi connectivity index (χ1n) is 10.2. The first-order chi connectivity index (χ1) is 15.5. The van der Waals surface area contributed by atoms with E-state index in [1.165, 1.54) is 12.1 Å². The minimum atomic E-state index is -0.740. The Hall–Kier alpha value is -3.93. The van der Waals surface area contributed by atoms with Crippen molar-refractivity contribution in [1.29, 1.82) is 0 Å². The highest BCUT2D eigenvalue weighted by Crippen LogP contribution is 2.36. The summed E-state index contributed by atoms with van der Waals surface area (Å²) in [5.74, 6) is -1.79. The number of carbonyl (C=O) groups excluding carboxylic acids is 1. The SMILES string of the molecule is O=C(CC(c1ccccc1)c1c(O)c2ccccc2oc1=O)OCCc1ccc(F)cc1. The van der Waals surface area contributed by atoms with E-state index in [2.05, 4.69) is 0 Å². The topological polar surface area (TPSA) is 76.7 Å². The van der Waals surface area contributed by atoms with Gasteiger partial charge in [0.2, 0.25) is 0 Å². The van der Waals surface area contributed by atoms with Crippen LogP contribution in [0.25, 0.3) is 11.0 Å². The molecule has 0 radical (unpaired) electrons. The molecule has 32 heavy (non-hydrogen) atoms. The molecule has 1 aromatic heterocycles. The van der Waals surface area contributed by atoms with Gasteiger partial charge in [-0.1, -0.05) is 54.6 Å². The van der Waals surface area contributed by atoms with Crippen LogP contribution in [0, 0.1) is 5.82 Å². The number of carbonyl (C=O) groups is 1. The summed E-state index contributed by atoms with van der Waals surface area (Å²) < 4.78 is 23.8. The molecule has 5 nitrogen and oxygen atoms in total. The molecule has 0 saturated heterocycles. The molecule has 0 bridgehead atoms. The quantitative estimate of drug-likeness (QED) is 0.330. The van der Waals surface area contributed by atoms with Crippen molar-refractivity contribution in [2.75, 3.05) is 6.61 Å². The Morgan fingerprint density at radius 3 is 2.41 bits per heavy atom. The van der Waals surface area contributed by atoms with Gasteiger partial charge < -0.3 is 14.3 Å². The van der Waals surface area contributed by atoms with Crippen LogP contribution in [-0.2, 0) is 16.0 Å². The zero-order chi connectivity index (χ0) is 22.5. The van der Waals surface area contributed by atoms with Gasteiger partial charge in [-0.2, -0.15) is 0 Å². The molecule has 0 amide bonds. The Labute approximate surface area is 183 Å². The maximum absolute atomic E-state index is 13.0. The second-order valence-electron chi connectivity index (χ2n) is 7.41. The third-order valence-corrected chi connectivity index (χ3v) is 5.31. The lowest BCUT2D eigenvalue weighted by molar-refractivity contribution is -0.143. The highest BCUT2D eigenvalue weighted by molar-refractivity contribution is 5.84. The van der Waals surface area contributed by atoms with Gasteiger partial charge in [0.1, 0.15) is 17.1 Å². The molecular weight excluding hydrogens is 411 g/mol. The van der Waals surface area contributed by atoms with Crippen molar-refractivity contribution in [3.05, 3.63) is 112 Å². The van der Waals surface area contributed by atoms with E-state index in [1.54, 1.807) is 60.7 Å². The summed E-state index contributed by atoms with van der Waals surface area (Å²) in [6.07, 6.45) is 0.287. The van der Waals surface area contributed by atoms with Gasteiger partial charge in [0.25, 0.3) is 0 Å². The minimum Gasteiger partial charge on any atom is -0.507 e. The number of aromatic hydroxyl groups is 1. The van der Waals surface area contributed by atoms with E-state index >= 15 is 0 Å². The molecule has 1 unspecified atom stereocenters. The molecule has 6 heteroatoms. The lowest BCUT2D eigenvalue weighted by Gasteiger charge is -2.18. The summed E-state index contributed by atoms with van der Waals surface area (Å²) in [6.45, 7) is 0.115. The number of halogens is 1. The molecule has 1 heterocycles. The molecule has 0 saturated carbocycles. The molecule has 0 aliphatic rings. The van der Waals surface area contributed by atoms with E-state index < -0.39 is 17.5 Å². The summed E-state index contributed by atoms with van der Waals surface area (Å²) in [5, 5.41) is 11.3. The van der Waals surface area contributed by atoms with Gasteiger partial charge in [0, 0.05) is 12.3 Å². The minimum absolute atomic E-state index is 0.0189. The van der Waals surface area contributed by atoms with Crippen molar-refractivity contribution in [3.8, 4) is 5.75 Å². The second kappa shape index (κ2) is 9.47. The molecule has 3 aromatic carbocycles. The molecule has 0 spiro atoms. The lowest BCUT2D eigenvalue weighted by atomic mass is 9.88. The molecule has 0 aliphatic heterocycles. The van der Waals surface area contributed by atoms with Gasteiger partial charge in [0.15, 0.2) is 0 Å². The Morgan fingerprint density at radius 1 is 0.969 bits per heavy atom. The van der Waals surface area contributed by atoms with Crippen molar-refractivity contribution in [3.63, 3.8) is 0 Å². The average molecular weight is 432 g/mol. The molecule has 0 aliphatic carbocycles. The number of benzene rings is 3. The van der Waals surface area contributed by atoms with Crippen LogP contribution in [0.1, 0.15) is 29.0 Å². The van der Waals surface area contributed by atoms with Crippen molar-refractivity contribution in [1.82, 2.24) is 0 Å². The van der Waals surface area contributed by atoms with Crippen LogP contribution in [-0.4, -0.2) is 17.7 Å². The van der Waals surface area contributed by atoms with E-state index in [9.17, 15) is 19.1 Å². The summed E-state index contributed by atoms with van der Waals surface area (Å²) in [4.78, 5) is 25.4. The lowest BCUT2D eigenvalue weighted by Crippen LogP contribution is -2.19. The highest BCUT2D eigenvalue weighted by atomic mass is 19.1. The van der Waals surface area contributed by atoms with Gasteiger partial charge in [-0.3, -0.25) is 4.79 Å². The maximum atomic E-state index is 13.0. The third kappa shape index (κ3) is 4.70. The maximum Gasteiger partial charge on any atom is 0.343 e. The van der Waals surface area contributed by atoms with Crippen LogP contribution in [0.4, 0.5) is 4.39 Å². The van der Waals surface area contributed by atoms with E-state index in [1.807, 2.05) is 6.07 Å². The fraction of sp³-hybridized carbons (Fsp3) is 0.154. The largest absolute Gasteiger partial charge is 0.507 e. The molecule has 0 fully saturated rings. The monoisotopic (exact) mass is 432 g/mol. The number of hydrogen-bond acceptors (Lipinski definition) is 5. The zero-order valence-corrected chi connectivity index (χ0v) is 17.2. The number of esters is 1. The zero-order valence-electron chi connectivity index (χ0n) is 17.2. The number of ether oxygens (including phenoxy) is 1. The number of rotatable bonds is 7. The standard InChI is InChI=1S/C26H21FO5/c27-19-12-10-17(11-13-19)14-15-31-23(28)16-21(18-6-2-1-3-7-18)24-25(29)20-8-4-5-9-22(20)32-26(24)30/h1-13,21,29H,14-16H2. The second-order valence-corrected chi connectivity index (χ2v) is 7.41. The normalized spacial score (nSPS) is 11.9. The van der Waals surface area contributed by atoms with Gasteiger partial charge in [-0.05, 0) is 35.4 Å². The van der Waals surface area contributed by atoms with Crippen LogP contribution in [0.2, 0.25) is 0 Å². The first kappa shape index (κ1) is 21.3. The molecule has 162 valence electrons. The Bertz CT molecular complexity index is 1280. The van der Waals surface area contributed by atoms with Gasteiger partial charge in [-0.25, -0.2) is 9.18 Å². The summed E-state index contributed by atoms with van der Waals surface area (Å²) in [6, 6.07) is 21.6. The van der Waals surface area contributed by atoms with Crippen LogP contribution in [0.5, 0.6) is 5.75 Å². The predicted molar refractivity (Wildman–Crippen MR) is 118 cm³/mol. The Morgan fingerprint density at radius 2 is 1.66 bits per heavy atom. The van der Waals surface area contributed by atoms with Gasteiger partial charge >= 0.3 is 11.6 Å². The number of hydrogen-bond donors (Lipinski definition) is 1.